The molecule has 1 amide bonds. The molecule has 3 rings (SSSR count). The van der Waals surface area contributed by atoms with E-state index in [0.29, 0.717) is 25.5 Å². The van der Waals surface area contributed by atoms with Crippen LogP contribution in [0.5, 0.6) is 0 Å². The van der Waals surface area contributed by atoms with Gasteiger partial charge in [-0.1, -0.05) is 5.16 Å². The Morgan fingerprint density at radius 1 is 1.44 bits per heavy atom. The van der Waals surface area contributed by atoms with Gasteiger partial charge < -0.3 is 24.8 Å². The number of carbonyl (C=O) groups is 1. The molecule has 2 N–H and O–H groups in total. The minimum atomic E-state index is -0.402. The molecule has 1 atom stereocenters. The van der Waals surface area contributed by atoms with E-state index in [1.807, 2.05) is 20.2 Å². The van der Waals surface area contributed by atoms with E-state index in [-0.39, 0.29) is 5.91 Å². The fraction of sp³-hybridized carbons (Fsp3) is 0.778. The lowest BCUT2D eigenvalue weighted by molar-refractivity contribution is -0.132. The summed E-state index contributed by atoms with van der Waals surface area (Å²) < 4.78 is 11.0. The summed E-state index contributed by atoms with van der Waals surface area (Å²) in [5.41, 5.74) is 0.560. The van der Waals surface area contributed by atoms with E-state index in [0.717, 1.165) is 57.0 Å². The number of carbonyl (C=O) groups excluding carboxylic acids is 1. The third kappa shape index (κ3) is 4.59. The summed E-state index contributed by atoms with van der Waals surface area (Å²) in [5.74, 6) is 1.28. The standard InChI is InChI=1S/C18H30N4O3/c1-22(2)9-8-20-17(23)18(4-6-19-7-5-18)12-15-11-16(21-25-15)14-3-10-24-13-14/h11,14,19H,3-10,12-13H2,1-2H3,(H,20,23)/t14-/m1/s1. The van der Waals surface area contributed by atoms with Crippen molar-refractivity contribution < 1.29 is 14.1 Å². The topological polar surface area (TPSA) is 79.6 Å². The Kier molecular flexibility index (Phi) is 6.09. The molecule has 3 heterocycles. The smallest absolute Gasteiger partial charge is 0.226 e. The zero-order valence-corrected chi connectivity index (χ0v) is 15.3. The van der Waals surface area contributed by atoms with Crippen LogP contribution in [-0.2, 0) is 16.0 Å². The molecule has 0 aliphatic carbocycles. The molecule has 7 nitrogen and oxygen atoms in total. The van der Waals surface area contributed by atoms with Gasteiger partial charge in [-0.05, 0) is 46.4 Å². The van der Waals surface area contributed by atoms with Crippen LogP contribution in [0, 0.1) is 5.41 Å². The van der Waals surface area contributed by atoms with Crippen LogP contribution in [-0.4, -0.2) is 69.5 Å². The molecular formula is C18H30N4O3. The van der Waals surface area contributed by atoms with Crippen molar-refractivity contribution in [1.29, 1.82) is 0 Å². The Bertz CT molecular complexity index is 560. The van der Waals surface area contributed by atoms with Crippen molar-refractivity contribution in [2.75, 3.05) is 53.5 Å². The predicted octanol–water partition coefficient (Wildman–Crippen LogP) is 0.769. The Hall–Kier alpha value is -1.44. The van der Waals surface area contributed by atoms with Gasteiger partial charge in [0.1, 0.15) is 5.76 Å². The zero-order chi connectivity index (χ0) is 17.7. The minimum absolute atomic E-state index is 0.137. The Morgan fingerprint density at radius 2 is 2.24 bits per heavy atom. The van der Waals surface area contributed by atoms with Gasteiger partial charge in [0, 0.05) is 38.1 Å². The maximum absolute atomic E-state index is 12.9. The van der Waals surface area contributed by atoms with E-state index in [1.165, 1.54) is 0 Å². The van der Waals surface area contributed by atoms with E-state index >= 15 is 0 Å². The quantitative estimate of drug-likeness (QED) is 0.756. The van der Waals surface area contributed by atoms with Crippen molar-refractivity contribution in [3.05, 3.63) is 17.5 Å². The molecule has 25 heavy (non-hydrogen) atoms. The highest BCUT2D eigenvalue weighted by atomic mass is 16.5. The summed E-state index contributed by atoms with van der Waals surface area (Å²) in [7, 11) is 4.02. The summed E-state index contributed by atoms with van der Waals surface area (Å²) in [5, 5.41) is 10.7. The number of hydrogen-bond acceptors (Lipinski definition) is 6. The number of aromatic nitrogens is 1. The Morgan fingerprint density at radius 3 is 2.92 bits per heavy atom. The fourth-order valence-corrected chi connectivity index (χ4v) is 3.68. The van der Waals surface area contributed by atoms with E-state index in [2.05, 4.69) is 20.7 Å². The third-order valence-electron chi connectivity index (χ3n) is 5.32. The first-order valence-electron chi connectivity index (χ1n) is 9.26. The minimum Gasteiger partial charge on any atom is -0.381 e. The van der Waals surface area contributed by atoms with Crippen LogP contribution in [0.3, 0.4) is 0 Å². The van der Waals surface area contributed by atoms with E-state index in [9.17, 15) is 4.79 Å². The monoisotopic (exact) mass is 350 g/mol. The van der Waals surface area contributed by atoms with Gasteiger partial charge in [0.25, 0.3) is 0 Å². The first kappa shape index (κ1) is 18.4. The lowest BCUT2D eigenvalue weighted by atomic mass is 9.74. The van der Waals surface area contributed by atoms with Crippen molar-refractivity contribution in [1.82, 2.24) is 20.7 Å². The summed E-state index contributed by atoms with van der Waals surface area (Å²) >= 11 is 0. The van der Waals surface area contributed by atoms with Crippen molar-refractivity contribution >= 4 is 5.91 Å². The maximum atomic E-state index is 12.9. The average Bonchev–Trinajstić information content (AvgIpc) is 3.26. The first-order valence-corrected chi connectivity index (χ1v) is 9.26. The van der Waals surface area contributed by atoms with Gasteiger partial charge in [0.15, 0.2) is 0 Å². The lowest BCUT2D eigenvalue weighted by Gasteiger charge is -2.35. The molecule has 7 heteroatoms. The third-order valence-corrected chi connectivity index (χ3v) is 5.32. The second-order valence-corrected chi connectivity index (χ2v) is 7.54. The van der Waals surface area contributed by atoms with Crippen LogP contribution < -0.4 is 10.6 Å². The largest absolute Gasteiger partial charge is 0.381 e. The summed E-state index contributed by atoms with van der Waals surface area (Å²) in [6, 6.07) is 2.02. The molecular weight excluding hydrogens is 320 g/mol. The first-order chi connectivity index (χ1) is 12.1. The van der Waals surface area contributed by atoms with Crippen LogP contribution in [0.25, 0.3) is 0 Å². The van der Waals surface area contributed by atoms with Gasteiger partial charge in [-0.3, -0.25) is 4.79 Å². The normalized spacial score (nSPS) is 23.1. The Labute approximate surface area is 149 Å². The molecule has 2 aliphatic heterocycles. The predicted molar refractivity (Wildman–Crippen MR) is 94.5 cm³/mol. The van der Waals surface area contributed by atoms with Crippen molar-refractivity contribution in [2.24, 2.45) is 5.41 Å². The number of hydrogen-bond donors (Lipinski definition) is 2. The molecule has 0 unspecified atom stereocenters. The molecule has 2 fully saturated rings. The van der Waals surface area contributed by atoms with Gasteiger partial charge in [0.05, 0.1) is 17.7 Å². The van der Waals surface area contributed by atoms with Crippen LogP contribution in [0.2, 0.25) is 0 Å². The number of nitrogens with one attached hydrogen (secondary N) is 2. The molecule has 2 saturated heterocycles. The Balaban J connectivity index is 1.66. The van der Waals surface area contributed by atoms with E-state index in [1.54, 1.807) is 0 Å². The number of nitrogens with zero attached hydrogens (tertiary/aromatic N) is 2. The number of piperidine rings is 1. The molecule has 0 spiro atoms. The van der Waals surface area contributed by atoms with Crippen molar-refractivity contribution in [3.63, 3.8) is 0 Å². The highest BCUT2D eigenvalue weighted by Gasteiger charge is 2.40. The number of amides is 1. The number of likely N-dealkylation sites (N-methyl/N-ethyl adjacent to an activating group) is 1. The average molecular weight is 350 g/mol. The van der Waals surface area contributed by atoms with Crippen molar-refractivity contribution in [3.8, 4) is 0 Å². The molecule has 0 bridgehead atoms. The maximum Gasteiger partial charge on any atom is 0.226 e. The van der Waals surface area contributed by atoms with Crippen LogP contribution in [0.15, 0.2) is 10.6 Å². The molecule has 0 saturated carbocycles. The number of rotatable bonds is 7. The molecule has 1 aromatic rings. The van der Waals surface area contributed by atoms with E-state index in [4.69, 9.17) is 9.26 Å². The molecule has 1 aromatic heterocycles. The fourth-order valence-electron chi connectivity index (χ4n) is 3.68. The van der Waals surface area contributed by atoms with Gasteiger partial charge >= 0.3 is 0 Å². The second kappa shape index (κ2) is 8.29. The van der Waals surface area contributed by atoms with Gasteiger partial charge in [0.2, 0.25) is 5.91 Å². The number of ether oxygens (including phenoxy) is 1. The van der Waals surface area contributed by atoms with Crippen LogP contribution in [0.4, 0.5) is 0 Å². The van der Waals surface area contributed by atoms with Gasteiger partial charge in [-0.2, -0.15) is 0 Å². The SMILES string of the molecule is CN(C)CCNC(=O)C1(Cc2cc([C@@H]3CCOC3)no2)CCNCC1. The van der Waals surface area contributed by atoms with Crippen molar-refractivity contribution in [2.45, 2.75) is 31.6 Å². The lowest BCUT2D eigenvalue weighted by Crippen LogP contribution is -2.49. The highest BCUT2D eigenvalue weighted by molar-refractivity contribution is 5.83. The zero-order valence-electron chi connectivity index (χ0n) is 15.3. The molecule has 0 aromatic carbocycles. The van der Waals surface area contributed by atoms with Gasteiger partial charge in [-0.15, -0.1) is 0 Å². The van der Waals surface area contributed by atoms with Crippen LogP contribution in [0.1, 0.15) is 36.6 Å². The molecule has 140 valence electrons. The van der Waals surface area contributed by atoms with Gasteiger partial charge in [-0.25, -0.2) is 0 Å². The van der Waals surface area contributed by atoms with E-state index < -0.39 is 5.41 Å². The summed E-state index contributed by atoms with van der Waals surface area (Å²) in [6.07, 6.45) is 3.25. The molecule has 2 aliphatic rings. The second-order valence-electron chi connectivity index (χ2n) is 7.54. The summed E-state index contributed by atoms with van der Waals surface area (Å²) in [4.78, 5) is 15.0. The highest BCUT2D eigenvalue weighted by Crippen LogP contribution is 2.34. The molecule has 0 radical (unpaired) electrons. The summed E-state index contributed by atoms with van der Waals surface area (Å²) in [6.45, 7) is 4.73. The van der Waals surface area contributed by atoms with Crippen LogP contribution >= 0.6 is 0 Å².